The molecule has 3 aromatic rings. The number of nitrogens with one attached hydrogen (secondary N) is 1. The molecule has 0 radical (unpaired) electrons. The molecule has 0 unspecified atom stereocenters. The number of rotatable bonds is 4. The third kappa shape index (κ3) is 3.29. The van der Waals surface area contributed by atoms with E-state index in [2.05, 4.69) is 20.3 Å². The van der Waals surface area contributed by atoms with Crippen molar-refractivity contribution in [2.24, 2.45) is 0 Å². The molecule has 0 spiro atoms. The molecule has 0 saturated carbocycles. The summed E-state index contributed by atoms with van der Waals surface area (Å²) in [5, 5.41) is 5.40. The Morgan fingerprint density at radius 2 is 2.00 bits per heavy atom. The maximum atomic E-state index is 12.1. The first-order valence-corrected chi connectivity index (χ1v) is 7.24. The second-order valence-corrected chi connectivity index (χ2v) is 5.18. The topological polar surface area (TPSA) is 67.8 Å². The van der Waals surface area contributed by atoms with Gasteiger partial charge in [0.2, 0.25) is 0 Å². The van der Waals surface area contributed by atoms with Crippen LogP contribution in [-0.4, -0.2) is 20.9 Å². The number of carbonyl (C=O) groups is 1. The van der Waals surface area contributed by atoms with Gasteiger partial charge in [-0.1, -0.05) is 6.07 Å². The Bertz CT molecular complexity index is 728. The van der Waals surface area contributed by atoms with E-state index in [9.17, 15) is 4.79 Å². The van der Waals surface area contributed by atoms with Gasteiger partial charge in [-0.05, 0) is 23.8 Å². The van der Waals surface area contributed by atoms with Gasteiger partial charge in [-0.3, -0.25) is 14.8 Å². The maximum Gasteiger partial charge on any atom is 0.271 e. The lowest BCUT2D eigenvalue weighted by Gasteiger charge is -2.02. The van der Waals surface area contributed by atoms with E-state index in [0.717, 1.165) is 16.1 Å². The SMILES string of the molecule is O=C(NCc1cccnc1)c1csc(-c2ccncc2)n1. The Labute approximate surface area is 125 Å². The Morgan fingerprint density at radius 3 is 2.76 bits per heavy atom. The van der Waals surface area contributed by atoms with Crippen LogP contribution >= 0.6 is 11.3 Å². The zero-order valence-corrected chi connectivity index (χ0v) is 11.9. The van der Waals surface area contributed by atoms with E-state index >= 15 is 0 Å². The monoisotopic (exact) mass is 296 g/mol. The Morgan fingerprint density at radius 1 is 1.14 bits per heavy atom. The Hall–Kier alpha value is -2.60. The lowest BCUT2D eigenvalue weighted by Crippen LogP contribution is -2.23. The summed E-state index contributed by atoms with van der Waals surface area (Å²) in [5.41, 5.74) is 2.34. The minimum Gasteiger partial charge on any atom is -0.347 e. The normalized spacial score (nSPS) is 10.3. The van der Waals surface area contributed by atoms with Crippen LogP contribution in [0.1, 0.15) is 16.1 Å². The highest BCUT2D eigenvalue weighted by atomic mass is 32.1. The van der Waals surface area contributed by atoms with Gasteiger partial charge in [0.25, 0.3) is 5.91 Å². The van der Waals surface area contributed by atoms with Crippen molar-refractivity contribution in [2.45, 2.75) is 6.54 Å². The molecule has 0 atom stereocenters. The maximum absolute atomic E-state index is 12.1. The molecule has 0 fully saturated rings. The second kappa shape index (κ2) is 6.23. The van der Waals surface area contributed by atoms with Gasteiger partial charge in [-0.2, -0.15) is 0 Å². The molecule has 21 heavy (non-hydrogen) atoms. The largest absolute Gasteiger partial charge is 0.347 e. The molecule has 1 amide bonds. The van der Waals surface area contributed by atoms with E-state index in [1.54, 1.807) is 30.2 Å². The van der Waals surface area contributed by atoms with Crippen LogP contribution in [-0.2, 0) is 6.54 Å². The third-order valence-electron chi connectivity index (χ3n) is 2.84. The molecule has 3 aromatic heterocycles. The van der Waals surface area contributed by atoms with E-state index in [1.807, 2.05) is 24.3 Å². The average Bonchev–Trinajstić information content (AvgIpc) is 3.04. The predicted octanol–water partition coefficient (Wildman–Crippen LogP) is 2.53. The fourth-order valence-corrected chi connectivity index (χ4v) is 2.59. The molecule has 0 aliphatic heterocycles. The van der Waals surface area contributed by atoms with Crippen molar-refractivity contribution >= 4 is 17.2 Å². The van der Waals surface area contributed by atoms with Gasteiger partial charge in [-0.15, -0.1) is 11.3 Å². The summed E-state index contributed by atoms with van der Waals surface area (Å²) < 4.78 is 0. The van der Waals surface area contributed by atoms with Crippen LogP contribution in [0.25, 0.3) is 10.6 Å². The van der Waals surface area contributed by atoms with Crippen molar-refractivity contribution in [2.75, 3.05) is 0 Å². The van der Waals surface area contributed by atoms with Crippen molar-refractivity contribution in [3.63, 3.8) is 0 Å². The van der Waals surface area contributed by atoms with Gasteiger partial charge >= 0.3 is 0 Å². The molecular weight excluding hydrogens is 284 g/mol. The van der Waals surface area contributed by atoms with Crippen molar-refractivity contribution < 1.29 is 4.79 Å². The van der Waals surface area contributed by atoms with Crippen LogP contribution < -0.4 is 5.32 Å². The number of amides is 1. The quantitative estimate of drug-likeness (QED) is 0.803. The first-order chi connectivity index (χ1) is 10.3. The Balaban J connectivity index is 1.67. The van der Waals surface area contributed by atoms with Crippen LogP contribution in [0, 0.1) is 0 Å². The molecule has 0 saturated heterocycles. The van der Waals surface area contributed by atoms with Crippen LogP contribution in [0.5, 0.6) is 0 Å². The van der Waals surface area contributed by atoms with Crippen LogP contribution in [0.4, 0.5) is 0 Å². The molecule has 0 aliphatic rings. The summed E-state index contributed by atoms with van der Waals surface area (Å²) in [6.45, 7) is 0.439. The highest BCUT2D eigenvalue weighted by molar-refractivity contribution is 7.13. The number of thiazole rings is 1. The highest BCUT2D eigenvalue weighted by Crippen LogP contribution is 2.22. The van der Waals surface area contributed by atoms with Crippen molar-refractivity contribution in [1.82, 2.24) is 20.3 Å². The number of aromatic nitrogens is 3. The third-order valence-corrected chi connectivity index (χ3v) is 3.73. The van der Waals surface area contributed by atoms with E-state index in [1.165, 1.54) is 11.3 Å². The van der Waals surface area contributed by atoms with Gasteiger partial charge in [0.1, 0.15) is 10.7 Å². The lowest BCUT2D eigenvalue weighted by molar-refractivity contribution is 0.0946. The van der Waals surface area contributed by atoms with Crippen LogP contribution in [0.15, 0.2) is 54.4 Å². The first-order valence-electron chi connectivity index (χ1n) is 6.36. The van der Waals surface area contributed by atoms with Crippen molar-refractivity contribution in [1.29, 1.82) is 0 Å². The van der Waals surface area contributed by atoms with Crippen molar-refractivity contribution in [3.05, 3.63) is 65.7 Å². The zero-order chi connectivity index (χ0) is 14.5. The number of hydrogen-bond donors (Lipinski definition) is 1. The predicted molar refractivity (Wildman–Crippen MR) is 80.8 cm³/mol. The molecular formula is C15H12N4OS. The molecule has 0 aromatic carbocycles. The van der Waals surface area contributed by atoms with Crippen LogP contribution in [0.2, 0.25) is 0 Å². The molecule has 0 aliphatic carbocycles. The number of carbonyl (C=O) groups excluding carboxylic acids is 1. The smallest absolute Gasteiger partial charge is 0.271 e. The van der Waals surface area contributed by atoms with E-state index in [-0.39, 0.29) is 5.91 Å². The number of hydrogen-bond acceptors (Lipinski definition) is 5. The summed E-state index contributed by atoms with van der Waals surface area (Å²) in [7, 11) is 0. The van der Waals surface area contributed by atoms with Gasteiger partial charge in [0.05, 0.1) is 0 Å². The molecule has 3 heterocycles. The molecule has 1 N–H and O–H groups in total. The molecule has 3 rings (SSSR count). The van der Waals surface area contributed by atoms with Gasteiger partial charge in [0.15, 0.2) is 0 Å². The summed E-state index contributed by atoms with van der Waals surface area (Å²) in [6.07, 6.45) is 6.84. The number of nitrogens with zero attached hydrogens (tertiary/aromatic N) is 3. The zero-order valence-electron chi connectivity index (χ0n) is 11.1. The Kier molecular flexibility index (Phi) is 3.97. The lowest BCUT2D eigenvalue weighted by atomic mass is 10.3. The molecule has 5 nitrogen and oxygen atoms in total. The average molecular weight is 296 g/mol. The van der Waals surface area contributed by atoms with E-state index in [4.69, 9.17) is 0 Å². The standard InChI is InChI=1S/C15H12N4OS/c20-14(18-9-11-2-1-5-17-8-11)13-10-21-15(19-13)12-3-6-16-7-4-12/h1-8,10H,9H2,(H,18,20). The van der Waals surface area contributed by atoms with Gasteiger partial charge in [-0.25, -0.2) is 4.98 Å². The molecule has 104 valence electrons. The second-order valence-electron chi connectivity index (χ2n) is 4.32. The highest BCUT2D eigenvalue weighted by Gasteiger charge is 2.11. The fourth-order valence-electron chi connectivity index (χ4n) is 1.78. The summed E-state index contributed by atoms with van der Waals surface area (Å²) in [6, 6.07) is 7.49. The van der Waals surface area contributed by atoms with E-state index in [0.29, 0.717) is 12.2 Å². The number of pyridine rings is 2. The minimum absolute atomic E-state index is 0.185. The molecule has 6 heteroatoms. The summed E-state index contributed by atoms with van der Waals surface area (Å²) in [5.74, 6) is -0.185. The first kappa shape index (κ1) is 13.4. The minimum atomic E-state index is -0.185. The summed E-state index contributed by atoms with van der Waals surface area (Å²) in [4.78, 5) is 24.4. The fraction of sp³-hybridized carbons (Fsp3) is 0.0667. The van der Waals surface area contributed by atoms with Gasteiger partial charge < -0.3 is 5.32 Å². The van der Waals surface area contributed by atoms with E-state index < -0.39 is 0 Å². The molecule has 0 bridgehead atoms. The summed E-state index contributed by atoms with van der Waals surface area (Å²) >= 11 is 1.44. The van der Waals surface area contributed by atoms with Crippen LogP contribution in [0.3, 0.4) is 0 Å². The van der Waals surface area contributed by atoms with Crippen molar-refractivity contribution in [3.8, 4) is 10.6 Å². The van der Waals surface area contributed by atoms with Gasteiger partial charge in [0, 0.05) is 42.3 Å².